The molecule has 2 N–H and O–H groups in total. The van der Waals surface area contributed by atoms with E-state index in [9.17, 15) is 0 Å². The van der Waals surface area contributed by atoms with Crippen LogP contribution in [0.15, 0.2) is 0 Å². The fourth-order valence-corrected chi connectivity index (χ4v) is 2.46. The zero-order valence-corrected chi connectivity index (χ0v) is 13.4. The molecule has 0 rings (SSSR count). The third-order valence-electron chi connectivity index (χ3n) is 3.54. The molecular weight excluding hydrogens is 238 g/mol. The van der Waals surface area contributed by atoms with Crippen molar-refractivity contribution < 1.29 is 9.47 Å². The van der Waals surface area contributed by atoms with E-state index in [2.05, 4.69) is 6.92 Å². The Morgan fingerprint density at radius 2 is 1.21 bits per heavy atom. The molecule has 0 heterocycles. The molecule has 0 bridgehead atoms. The normalized spacial score (nSPS) is 12.0. The van der Waals surface area contributed by atoms with Crippen LogP contribution in [0.25, 0.3) is 0 Å². The van der Waals surface area contributed by atoms with Crippen LogP contribution in [0.1, 0.15) is 78.6 Å². The van der Waals surface area contributed by atoms with E-state index in [-0.39, 0.29) is 0 Å². The maximum atomic E-state index is 5.83. The second kappa shape index (κ2) is 12.9. The van der Waals surface area contributed by atoms with Gasteiger partial charge in [-0.15, -0.1) is 0 Å². The summed E-state index contributed by atoms with van der Waals surface area (Å²) >= 11 is 0. The van der Waals surface area contributed by atoms with Crippen LogP contribution >= 0.6 is 0 Å². The molecule has 0 fully saturated rings. The molecule has 0 atom stereocenters. The molecule has 0 aromatic carbocycles. The molecule has 3 nitrogen and oxygen atoms in total. The van der Waals surface area contributed by atoms with E-state index >= 15 is 0 Å². The SMILES string of the molecule is CCCCCCCCCCC(CN)(OCC)OCC. The van der Waals surface area contributed by atoms with Gasteiger partial charge in [-0.05, 0) is 20.3 Å². The standard InChI is InChI=1S/C16H35NO2/c1-4-7-8-9-10-11-12-13-14-16(15-17,18-5-2)19-6-3/h4-15,17H2,1-3H3. The van der Waals surface area contributed by atoms with Crippen LogP contribution in [-0.2, 0) is 9.47 Å². The first-order valence-corrected chi connectivity index (χ1v) is 8.22. The predicted molar refractivity (Wildman–Crippen MR) is 82.3 cm³/mol. The highest BCUT2D eigenvalue weighted by atomic mass is 16.7. The average Bonchev–Trinajstić information content (AvgIpc) is 2.42. The molecule has 3 heteroatoms. The molecule has 0 amide bonds. The fourth-order valence-electron chi connectivity index (χ4n) is 2.46. The summed E-state index contributed by atoms with van der Waals surface area (Å²) in [6, 6.07) is 0. The lowest BCUT2D eigenvalue weighted by Crippen LogP contribution is -2.43. The molecule has 0 aliphatic rings. The summed E-state index contributed by atoms with van der Waals surface area (Å²) in [6.07, 6.45) is 11.5. The Labute approximate surface area is 120 Å². The second-order valence-electron chi connectivity index (χ2n) is 5.21. The predicted octanol–water partition coefficient (Wildman–Crippen LogP) is 4.25. The first-order valence-electron chi connectivity index (χ1n) is 8.22. The highest BCUT2D eigenvalue weighted by molar-refractivity contribution is 4.71. The van der Waals surface area contributed by atoms with Crippen LogP contribution in [0.2, 0.25) is 0 Å². The van der Waals surface area contributed by atoms with Gasteiger partial charge in [-0.3, -0.25) is 0 Å². The molecule has 0 unspecified atom stereocenters. The van der Waals surface area contributed by atoms with Crippen LogP contribution < -0.4 is 5.73 Å². The Balaban J connectivity index is 3.68. The van der Waals surface area contributed by atoms with Crippen molar-refractivity contribution in [2.45, 2.75) is 84.3 Å². The third kappa shape index (κ3) is 9.42. The van der Waals surface area contributed by atoms with Crippen molar-refractivity contribution in [1.82, 2.24) is 0 Å². The molecule has 0 radical (unpaired) electrons. The lowest BCUT2D eigenvalue weighted by molar-refractivity contribution is -0.230. The van der Waals surface area contributed by atoms with Gasteiger partial charge in [-0.1, -0.05) is 51.9 Å². The van der Waals surface area contributed by atoms with Crippen LogP contribution in [0.3, 0.4) is 0 Å². The van der Waals surface area contributed by atoms with Crippen molar-refractivity contribution in [3.63, 3.8) is 0 Å². The highest BCUT2D eigenvalue weighted by Gasteiger charge is 2.28. The Kier molecular flexibility index (Phi) is 12.8. The van der Waals surface area contributed by atoms with E-state index in [0.717, 1.165) is 12.8 Å². The Hall–Kier alpha value is -0.120. The van der Waals surface area contributed by atoms with E-state index in [1.807, 2.05) is 13.8 Å². The number of hydrogen-bond donors (Lipinski definition) is 1. The van der Waals surface area contributed by atoms with Gasteiger partial charge in [0.05, 0.1) is 0 Å². The Morgan fingerprint density at radius 1 is 0.737 bits per heavy atom. The topological polar surface area (TPSA) is 44.5 Å². The first-order chi connectivity index (χ1) is 9.24. The number of ether oxygens (including phenoxy) is 2. The van der Waals surface area contributed by atoms with Crippen molar-refractivity contribution in [3.8, 4) is 0 Å². The van der Waals surface area contributed by atoms with Gasteiger partial charge >= 0.3 is 0 Å². The summed E-state index contributed by atoms with van der Waals surface area (Å²) in [6.45, 7) is 8.02. The van der Waals surface area contributed by atoms with E-state index in [1.54, 1.807) is 0 Å². The van der Waals surface area contributed by atoms with Gasteiger partial charge < -0.3 is 15.2 Å². The lowest BCUT2D eigenvalue weighted by atomic mass is 10.0. The molecular formula is C16H35NO2. The smallest absolute Gasteiger partial charge is 0.180 e. The maximum absolute atomic E-state index is 5.83. The lowest BCUT2D eigenvalue weighted by Gasteiger charge is -2.32. The van der Waals surface area contributed by atoms with Gasteiger partial charge in [0.2, 0.25) is 0 Å². The van der Waals surface area contributed by atoms with Crippen molar-refractivity contribution >= 4 is 0 Å². The number of rotatable bonds is 14. The minimum Gasteiger partial charge on any atom is -0.349 e. The minimum atomic E-state index is -0.536. The van der Waals surface area contributed by atoms with Gasteiger partial charge in [-0.2, -0.15) is 0 Å². The number of nitrogens with two attached hydrogens (primary N) is 1. The van der Waals surface area contributed by atoms with Crippen LogP contribution in [0.5, 0.6) is 0 Å². The van der Waals surface area contributed by atoms with Gasteiger partial charge in [0.25, 0.3) is 0 Å². The quantitative estimate of drug-likeness (QED) is 0.380. The number of hydrogen-bond acceptors (Lipinski definition) is 3. The maximum Gasteiger partial charge on any atom is 0.180 e. The van der Waals surface area contributed by atoms with E-state index in [1.165, 1.54) is 44.9 Å². The molecule has 0 saturated carbocycles. The second-order valence-corrected chi connectivity index (χ2v) is 5.21. The van der Waals surface area contributed by atoms with Crippen molar-refractivity contribution in [2.24, 2.45) is 5.73 Å². The average molecular weight is 273 g/mol. The molecule has 19 heavy (non-hydrogen) atoms. The summed E-state index contributed by atoms with van der Waals surface area (Å²) in [4.78, 5) is 0. The van der Waals surface area contributed by atoms with E-state index in [0.29, 0.717) is 19.8 Å². The van der Waals surface area contributed by atoms with Crippen LogP contribution in [0.4, 0.5) is 0 Å². The Morgan fingerprint density at radius 3 is 1.63 bits per heavy atom. The zero-order chi connectivity index (χ0) is 14.4. The van der Waals surface area contributed by atoms with E-state index in [4.69, 9.17) is 15.2 Å². The molecule has 0 aliphatic carbocycles. The molecule has 0 aliphatic heterocycles. The minimum absolute atomic E-state index is 0.450. The monoisotopic (exact) mass is 273 g/mol. The molecule has 116 valence electrons. The largest absolute Gasteiger partial charge is 0.349 e. The van der Waals surface area contributed by atoms with Crippen molar-refractivity contribution in [1.29, 1.82) is 0 Å². The van der Waals surface area contributed by atoms with Gasteiger partial charge in [0.15, 0.2) is 5.79 Å². The van der Waals surface area contributed by atoms with Crippen molar-refractivity contribution in [3.05, 3.63) is 0 Å². The van der Waals surface area contributed by atoms with E-state index < -0.39 is 5.79 Å². The third-order valence-corrected chi connectivity index (χ3v) is 3.54. The summed E-state index contributed by atoms with van der Waals surface area (Å²) < 4.78 is 11.5. The van der Waals surface area contributed by atoms with Crippen molar-refractivity contribution in [2.75, 3.05) is 19.8 Å². The summed E-state index contributed by atoms with van der Waals surface area (Å²) in [7, 11) is 0. The van der Waals surface area contributed by atoms with Crippen LogP contribution in [0, 0.1) is 0 Å². The molecule has 0 spiro atoms. The molecule has 0 aromatic rings. The zero-order valence-electron chi connectivity index (χ0n) is 13.4. The number of unbranched alkanes of at least 4 members (excludes halogenated alkanes) is 7. The highest BCUT2D eigenvalue weighted by Crippen LogP contribution is 2.21. The molecule has 0 aromatic heterocycles. The first kappa shape index (κ1) is 18.9. The molecule has 0 saturated heterocycles. The Bertz CT molecular complexity index is 180. The van der Waals surface area contributed by atoms with Gasteiger partial charge in [-0.25, -0.2) is 0 Å². The van der Waals surface area contributed by atoms with Crippen LogP contribution in [-0.4, -0.2) is 25.5 Å². The van der Waals surface area contributed by atoms with Gasteiger partial charge in [0, 0.05) is 26.2 Å². The summed E-state index contributed by atoms with van der Waals surface area (Å²) in [5.74, 6) is -0.536. The fraction of sp³-hybridized carbons (Fsp3) is 1.00. The van der Waals surface area contributed by atoms with Gasteiger partial charge in [0.1, 0.15) is 0 Å². The summed E-state index contributed by atoms with van der Waals surface area (Å²) in [5, 5.41) is 0. The summed E-state index contributed by atoms with van der Waals surface area (Å²) in [5.41, 5.74) is 5.83.